The number of amides is 1. The van der Waals surface area contributed by atoms with Crippen LogP contribution in [0, 0.1) is 0 Å². The van der Waals surface area contributed by atoms with Gasteiger partial charge in [-0.3, -0.25) is 4.57 Å². The number of rotatable bonds is 0. The average molecular weight is 209 g/mol. The van der Waals surface area contributed by atoms with Gasteiger partial charge < -0.3 is 9.64 Å². The van der Waals surface area contributed by atoms with Crippen LogP contribution in [0.1, 0.15) is 13.8 Å². The molecule has 2 rings (SSSR count). The summed E-state index contributed by atoms with van der Waals surface area (Å²) in [6.45, 7) is 5.82. The summed E-state index contributed by atoms with van der Waals surface area (Å²) in [4.78, 5) is 17.6. The van der Waals surface area contributed by atoms with Crippen LogP contribution in [0.5, 0.6) is 0 Å². The van der Waals surface area contributed by atoms with Crippen molar-refractivity contribution in [2.45, 2.75) is 19.4 Å². The van der Waals surface area contributed by atoms with Crippen molar-refractivity contribution in [3.63, 3.8) is 0 Å². The molecule has 0 bridgehead atoms. The quantitative estimate of drug-likeness (QED) is 0.639. The van der Waals surface area contributed by atoms with Crippen LogP contribution in [-0.4, -0.2) is 45.8 Å². The minimum Gasteiger partial charge on any atom is -0.372 e. The molecule has 5 heteroatoms. The van der Waals surface area contributed by atoms with E-state index < -0.39 is 0 Å². The van der Waals surface area contributed by atoms with Crippen molar-refractivity contribution < 1.29 is 9.53 Å². The molecule has 1 aliphatic rings. The van der Waals surface area contributed by atoms with Crippen LogP contribution in [0.4, 0.5) is 4.79 Å². The van der Waals surface area contributed by atoms with Gasteiger partial charge >= 0.3 is 6.03 Å². The molecule has 1 aromatic rings. The zero-order valence-electron chi connectivity index (χ0n) is 9.01. The molecule has 2 heterocycles. The molecular weight excluding hydrogens is 194 g/mol. The SMILES string of the molecule is CC1(C)CN(C(=O)n2ccnc2)CCO1. The van der Waals surface area contributed by atoms with E-state index in [1.807, 2.05) is 13.8 Å². The fourth-order valence-electron chi connectivity index (χ4n) is 1.72. The van der Waals surface area contributed by atoms with E-state index in [1.165, 1.54) is 10.9 Å². The molecule has 0 saturated carbocycles. The van der Waals surface area contributed by atoms with Gasteiger partial charge in [0.15, 0.2) is 0 Å². The lowest BCUT2D eigenvalue weighted by Crippen LogP contribution is -2.51. The largest absolute Gasteiger partial charge is 0.372 e. The molecule has 0 aliphatic carbocycles. The van der Waals surface area contributed by atoms with Crippen LogP contribution >= 0.6 is 0 Å². The molecule has 1 aliphatic heterocycles. The standard InChI is InChI=1S/C10H15N3O2/c1-10(2)7-12(5-6-15-10)9(14)13-4-3-11-8-13/h3-4,8H,5-7H2,1-2H3. The first-order chi connectivity index (χ1) is 7.08. The molecule has 0 atom stereocenters. The van der Waals surface area contributed by atoms with Crippen molar-refractivity contribution in [2.75, 3.05) is 19.7 Å². The molecule has 1 fully saturated rings. The predicted octanol–water partition coefficient (Wildman–Crippen LogP) is 0.962. The van der Waals surface area contributed by atoms with Gasteiger partial charge in [0.2, 0.25) is 0 Å². The Bertz CT molecular complexity index is 346. The summed E-state index contributed by atoms with van der Waals surface area (Å²) in [6.07, 6.45) is 4.78. The molecule has 82 valence electrons. The highest BCUT2D eigenvalue weighted by molar-refractivity contribution is 5.76. The van der Waals surface area contributed by atoms with E-state index in [9.17, 15) is 4.79 Å². The zero-order valence-corrected chi connectivity index (χ0v) is 9.01. The van der Waals surface area contributed by atoms with Crippen LogP contribution in [0.3, 0.4) is 0 Å². The number of hydrogen-bond acceptors (Lipinski definition) is 3. The summed E-state index contributed by atoms with van der Waals surface area (Å²) >= 11 is 0. The second kappa shape index (κ2) is 3.66. The highest BCUT2D eigenvalue weighted by Crippen LogP contribution is 2.16. The van der Waals surface area contributed by atoms with E-state index in [0.29, 0.717) is 19.7 Å². The van der Waals surface area contributed by atoms with Gasteiger partial charge in [-0.1, -0.05) is 0 Å². The van der Waals surface area contributed by atoms with E-state index in [0.717, 1.165) is 0 Å². The van der Waals surface area contributed by atoms with Crippen molar-refractivity contribution in [1.82, 2.24) is 14.5 Å². The first kappa shape index (κ1) is 10.2. The van der Waals surface area contributed by atoms with Gasteiger partial charge in [0.1, 0.15) is 6.33 Å². The number of hydrogen-bond donors (Lipinski definition) is 0. The first-order valence-corrected chi connectivity index (χ1v) is 5.00. The number of carbonyl (C=O) groups is 1. The molecular formula is C10H15N3O2. The van der Waals surface area contributed by atoms with E-state index in [1.54, 1.807) is 17.3 Å². The van der Waals surface area contributed by atoms with Crippen LogP contribution in [0.25, 0.3) is 0 Å². The second-order valence-corrected chi connectivity index (χ2v) is 4.28. The van der Waals surface area contributed by atoms with Gasteiger partial charge in [-0.2, -0.15) is 0 Å². The van der Waals surface area contributed by atoms with Crippen LogP contribution in [-0.2, 0) is 4.74 Å². The van der Waals surface area contributed by atoms with Gasteiger partial charge in [0.25, 0.3) is 0 Å². The van der Waals surface area contributed by atoms with E-state index >= 15 is 0 Å². The number of ether oxygens (including phenoxy) is 1. The number of nitrogens with zero attached hydrogens (tertiary/aromatic N) is 3. The Morgan fingerprint density at radius 1 is 1.53 bits per heavy atom. The van der Waals surface area contributed by atoms with E-state index in [4.69, 9.17) is 4.74 Å². The molecule has 1 aromatic heterocycles. The maximum absolute atomic E-state index is 11.9. The first-order valence-electron chi connectivity index (χ1n) is 5.00. The maximum Gasteiger partial charge on any atom is 0.329 e. The third kappa shape index (κ3) is 2.18. The monoisotopic (exact) mass is 209 g/mol. The summed E-state index contributed by atoms with van der Waals surface area (Å²) in [5.74, 6) is 0. The lowest BCUT2D eigenvalue weighted by molar-refractivity contribution is -0.0732. The lowest BCUT2D eigenvalue weighted by atomic mass is 10.1. The molecule has 0 aromatic carbocycles. The molecule has 1 amide bonds. The average Bonchev–Trinajstić information content (AvgIpc) is 2.67. The Morgan fingerprint density at radius 3 is 2.93 bits per heavy atom. The fraction of sp³-hybridized carbons (Fsp3) is 0.600. The number of carbonyl (C=O) groups excluding carboxylic acids is 1. The highest BCUT2D eigenvalue weighted by atomic mass is 16.5. The molecule has 1 saturated heterocycles. The third-order valence-corrected chi connectivity index (χ3v) is 2.42. The van der Waals surface area contributed by atoms with Gasteiger partial charge in [-0.05, 0) is 13.8 Å². The Hall–Kier alpha value is -1.36. The predicted molar refractivity (Wildman–Crippen MR) is 54.6 cm³/mol. The zero-order chi connectivity index (χ0) is 10.9. The number of aromatic nitrogens is 2. The van der Waals surface area contributed by atoms with Gasteiger partial charge in [-0.25, -0.2) is 9.78 Å². The minimum atomic E-state index is -0.255. The van der Waals surface area contributed by atoms with Crippen LogP contribution in [0.15, 0.2) is 18.7 Å². The molecule has 15 heavy (non-hydrogen) atoms. The summed E-state index contributed by atoms with van der Waals surface area (Å²) < 4.78 is 7.03. The molecule has 0 N–H and O–H groups in total. The topological polar surface area (TPSA) is 47.4 Å². The van der Waals surface area contributed by atoms with Gasteiger partial charge in [0, 0.05) is 18.9 Å². The van der Waals surface area contributed by atoms with E-state index in [-0.39, 0.29) is 11.6 Å². The lowest BCUT2D eigenvalue weighted by Gasteiger charge is -2.37. The number of imidazole rings is 1. The maximum atomic E-state index is 11.9. The Balaban J connectivity index is 2.08. The normalized spacial score (nSPS) is 20.3. The molecule has 5 nitrogen and oxygen atoms in total. The summed E-state index contributed by atoms with van der Waals surface area (Å²) in [7, 11) is 0. The second-order valence-electron chi connectivity index (χ2n) is 4.28. The van der Waals surface area contributed by atoms with Gasteiger partial charge in [-0.15, -0.1) is 0 Å². The van der Waals surface area contributed by atoms with Crippen molar-refractivity contribution in [1.29, 1.82) is 0 Å². The Morgan fingerprint density at radius 2 is 2.33 bits per heavy atom. The molecule has 0 unspecified atom stereocenters. The Kier molecular flexibility index (Phi) is 2.48. The fourth-order valence-corrected chi connectivity index (χ4v) is 1.72. The van der Waals surface area contributed by atoms with Crippen LogP contribution < -0.4 is 0 Å². The summed E-state index contributed by atoms with van der Waals surface area (Å²) in [5.41, 5.74) is -0.255. The van der Waals surface area contributed by atoms with Crippen LogP contribution in [0.2, 0.25) is 0 Å². The van der Waals surface area contributed by atoms with Crippen molar-refractivity contribution in [3.05, 3.63) is 18.7 Å². The van der Waals surface area contributed by atoms with Crippen molar-refractivity contribution >= 4 is 6.03 Å². The minimum absolute atomic E-state index is 0.0381. The highest BCUT2D eigenvalue weighted by Gasteiger charge is 2.30. The number of morpholine rings is 1. The third-order valence-electron chi connectivity index (χ3n) is 2.42. The Labute approximate surface area is 88.7 Å². The summed E-state index contributed by atoms with van der Waals surface area (Å²) in [6, 6.07) is -0.0381. The van der Waals surface area contributed by atoms with Gasteiger partial charge in [0.05, 0.1) is 18.8 Å². The van der Waals surface area contributed by atoms with Crippen molar-refractivity contribution in [2.24, 2.45) is 0 Å². The van der Waals surface area contributed by atoms with Crippen molar-refractivity contribution in [3.8, 4) is 0 Å². The molecule has 0 spiro atoms. The molecule has 0 radical (unpaired) electrons. The summed E-state index contributed by atoms with van der Waals surface area (Å²) in [5, 5.41) is 0. The smallest absolute Gasteiger partial charge is 0.329 e. The van der Waals surface area contributed by atoms with E-state index in [2.05, 4.69) is 4.98 Å².